The normalized spacial score (nSPS) is 12.2. The SMILES string of the molecule is CC[C@H](NC(=O)c1ccccc1NC(=O)C(C)(C)C)C(=O)OC. The molecule has 0 heterocycles. The molecule has 0 unspecified atom stereocenters. The standard InChI is InChI=1S/C17H24N2O4/c1-6-12(15(21)23-5)18-14(20)11-9-7-8-10-13(11)19-16(22)17(2,3)4/h7-10,12H,6H2,1-5H3,(H,18,20)(H,19,22)/t12-/m0/s1. The Bertz CT molecular complexity index is 591. The number of carbonyl (C=O) groups is 3. The second-order valence-electron chi connectivity index (χ2n) is 6.21. The number of ether oxygens (including phenoxy) is 1. The van der Waals surface area contributed by atoms with Crippen LogP contribution in [0.4, 0.5) is 5.69 Å². The third kappa shape index (κ3) is 5.09. The summed E-state index contributed by atoms with van der Waals surface area (Å²) in [6.45, 7) is 7.13. The number of esters is 1. The van der Waals surface area contributed by atoms with E-state index in [1.807, 2.05) is 0 Å². The van der Waals surface area contributed by atoms with Crippen molar-refractivity contribution in [1.82, 2.24) is 5.32 Å². The maximum Gasteiger partial charge on any atom is 0.328 e. The summed E-state index contributed by atoms with van der Waals surface area (Å²) in [7, 11) is 1.27. The van der Waals surface area contributed by atoms with E-state index < -0.39 is 23.3 Å². The highest BCUT2D eigenvalue weighted by molar-refractivity contribution is 6.05. The van der Waals surface area contributed by atoms with Crippen LogP contribution in [0, 0.1) is 5.41 Å². The lowest BCUT2D eigenvalue weighted by Crippen LogP contribution is -2.41. The summed E-state index contributed by atoms with van der Waals surface area (Å²) in [4.78, 5) is 36.1. The molecule has 1 aromatic rings. The zero-order chi connectivity index (χ0) is 17.6. The minimum atomic E-state index is -0.723. The summed E-state index contributed by atoms with van der Waals surface area (Å²) in [6.07, 6.45) is 0.412. The third-order valence-electron chi connectivity index (χ3n) is 3.30. The van der Waals surface area contributed by atoms with Gasteiger partial charge in [-0.2, -0.15) is 0 Å². The molecule has 0 fully saturated rings. The minimum absolute atomic E-state index is 0.197. The van der Waals surface area contributed by atoms with Gasteiger partial charge in [-0.05, 0) is 18.6 Å². The molecular formula is C17H24N2O4. The predicted molar refractivity (Wildman–Crippen MR) is 88.1 cm³/mol. The number of hydrogen-bond donors (Lipinski definition) is 2. The van der Waals surface area contributed by atoms with Gasteiger partial charge in [0.1, 0.15) is 6.04 Å². The number of rotatable bonds is 5. The van der Waals surface area contributed by atoms with E-state index in [4.69, 9.17) is 0 Å². The average Bonchev–Trinajstić information content (AvgIpc) is 2.51. The first kappa shape index (κ1) is 18.7. The summed E-state index contributed by atoms with van der Waals surface area (Å²) in [6, 6.07) is 5.95. The molecule has 126 valence electrons. The molecule has 0 aliphatic rings. The van der Waals surface area contributed by atoms with Crippen LogP contribution in [-0.2, 0) is 14.3 Å². The summed E-state index contributed by atoms with van der Waals surface area (Å²) < 4.78 is 4.66. The Balaban J connectivity index is 2.98. The van der Waals surface area contributed by atoms with Gasteiger partial charge in [0.2, 0.25) is 5.91 Å². The van der Waals surface area contributed by atoms with Crippen molar-refractivity contribution in [3.8, 4) is 0 Å². The molecule has 0 saturated heterocycles. The topological polar surface area (TPSA) is 84.5 Å². The lowest BCUT2D eigenvalue weighted by Gasteiger charge is -2.20. The van der Waals surface area contributed by atoms with Gasteiger partial charge >= 0.3 is 5.97 Å². The molecule has 1 aromatic carbocycles. The van der Waals surface area contributed by atoms with Crippen LogP contribution in [0.15, 0.2) is 24.3 Å². The molecule has 0 radical (unpaired) electrons. The molecule has 0 aromatic heterocycles. The van der Waals surface area contributed by atoms with Crippen molar-refractivity contribution in [2.24, 2.45) is 5.41 Å². The maximum absolute atomic E-state index is 12.4. The Kier molecular flexibility index (Phi) is 6.30. The Morgan fingerprint density at radius 3 is 2.30 bits per heavy atom. The fourth-order valence-electron chi connectivity index (χ4n) is 1.81. The Morgan fingerprint density at radius 2 is 1.78 bits per heavy atom. The molecule has 6 heteroatoms. The van der Waals surface area contributed by atoms with Gasteiger partial charge in [-0.15, -0.1) is 0 Å². The second kappa shape index (κ2) is 7.76. The van der Waals surface area contributed by atoms with E-state index in [9.17, 15) is 14.4 Å². The minimum Gasteiger partial charge on any atom is -0.467 e. The highest BCUT2D eigenvalue weighted by Crippen LogP contribution is 2.20. The first-order valence-corrected chi connectivity index (χ1v) is 7.49. The van der Waals surface area contributed by atoms with Crippen LogP contribution in [-0.4, -0.2) is 30.9 Å². The molecule has 0 aliphatic heterocycles. The number of anilines is 1. The van der Waals surface area contributed by atoms with Crippen LogP contribution in [0.5, 0.6) is 0 Å². The van der Waals surface area contributed by atoms with E-state index in [-0.39, 0.29) is 5.91 Å². The van der Waals surface area contributed by atoms with Crippen molar-refractivity contribution in [3.05, 3.63) is 29.8 Å². The first-order chi connectivity index (χ1) is 10.7. The van der Waals surface area contributed by atoms with Crippen molar-refractivity contribution >= 4 is 23.5 Å². The molecular weight excluding hydrogens is 296 g/mol. The highest BCUT2D eigenvalue weighted by atomic mass is 16.5. The Hall–Kier alpha value is -2.37. The van der Waals surface area contributed by atoms with E-state index in [0.717, 1.165) is 0 Å². The van der Waals surface area contributed by atoms with E-state index in [1.54, 1.807) is 52.0 Å². The number of nitrogens with one attached hydrogen (secondary N) is 2. The average molecular weight is 320 g/mol. The van der Waals surface area contributed by atoms with Crippen molar-refractivity contribution in [2.75, 3.05) is 12.4 Å². The molecule has 1 atom stereocenters. The van der Waals surface area contributed by atoms with Crippen LogP contribution in [0.2, 0.25) is 0 Å². The fourth-order valence-corrected chi connectivity index (χ4v) is 1.81. The van der Waals surface area contributed by atoms with Crippen LogP contribution >= 0.6 is 0 Å². The van der Waals surface area contributed by atoms with Gasteiger partial charge in [0.05, 0.1) is 18.4 Å². The number of amides is 2. The van der Waals surface area contributed by atoms with Gasteiger partial charge < -0.3 is 15.4 Å². The smallest absolute Gasteiger partial charge is 0.328 e. The highest BCUT2D eigenvalue weighted by Gasteiger charge is 2.25. The van der Waals surface area contributed by atoms with Crippen LogP contribution in [0.3, 0.4) is 0 Å². The number of methoxy groups -OCH3 is 1. The molecule has 2 N–H and O–H groups in total. The molecule has 23 heavy (non-hydrogen) atoms. The fraction of sp³-hybridized carbons (Fsp3) is 0.471. The molecule has 0 saturated carbocycles. The van der Waals surface area contributed by atoms with Crippen molar-refractivity contribution in [1.29, 1.82) is 0 Å². The van der Waals surface area contributed by atoms with E-state index in [1.165, 1.54) is 7.11 Å². The molecule has 0 bridgehead atoms. The predicted octanol–water partition coefficient (Wildman–Crippen LogP) is 2.35. The first-order valence-electron chi connectivity index (χ1n) is 7.49. The summed E-state index contributed by atoms with van der Waals surface area (Å²) in [5.41, 5.74) is 0.124. The van der Waals surface area contributed by atoms with Gasteiger partial charge in [-0.25, -0.2) is 4.79 Å². The quantitative estimate of drug-likeness (QED) is 0.816. The van der Waals surface area contributed by atoms with Crippen LogP contribution in [0.1, 0.15) is 44.5 Å². The Labute approximate surface area is 136 Å². The summed E-state index contributed by atoms with van der Waals surface area (Å²) in [5, 5.41) is 5.37. The number of para-hydroxylation sites is 1. The van der Waals surface area contributed by atoms with Crippen LogP contribution < -0.4 is 10.6 Å². The lowest BCUT2D eigenvalue weighted by atomic mass is 9.95. The number of benzene rings is 1. The van der Waals surface area contributed by atoms with Crippen molar-refractivity contribution in [3.63, 3.8) is 0 Å². The molecule has 1 rings (SSSR count). The monoisotopic (exact) mass is 320 g/mol. The summed E-state index contributed by atoms with van der Waals surface area (Å²) in [5.74, 6) is -1.14. The van der Waals surface area contributed by atoms with Crippen LogP contribution in [0.25, 0.3) is 0 Å². The lowest BCUT2D eigenvalue weighted by molar-refractivity contribution is -0.142. The van der Waals surface area contributed by atoms with E-state index >= 15 is 0 Å². The third-order valence-corrected chi connectivity index (χ3v) is 3.30. The van der Waals surface area contributed by atoms with E-state index in [0.29, 0.717) is 17.7 Å². The van der Waals surface area contributed by atoms with Gasteiger partial charge in [-0.1, -0.05) is 39.8 Å². The zero-order valence-corrected chi connectivity index (χ0v) is 14.2. The molecule has 0 spiro atoms. The zero-order valence-electron chi connectivity index (χ0n) is 14.2. The molecule has 6 nitrogen and oxygen atoms in total. The van der Waals surface area contributed by atoms with Gasteiger partial charge in [0.15, 0.2) is 0 Å². The second-order valence-corrected chi connectivity index (χ2v) is 6.21. The van der Waals surface area contributed by atoms with Gasteiger partial charge in [0, 0.05) is 5.41 Å². The molecule has 2 amide bonds. The van der Waals surface area contributed by atoms with Gasteiger partial charge in [-0.3, -0.25) is 9.59 Å². The van der Waals surface area contributed by atoms with Gasteiger partial charge in [0.25, 0.3) is 5.91 Å². The Morgan fingerprint density at radius 1 is 1.17 bits per heavy atom. The van der Waals surface area contributed by atoms with Crippen molar-refractivity contribution < 1.29 is 19.1 Å². The summed E-state index contributed by atoms with van der Waals surface area (Å²) >= 11 is 0. The van der Waals surface area contributed by atoms with Crippen molar-refractivity contribution in [2.45, 2.75) is 40.2 Å². The maximum atomic E-state index is 12.4. The number of carbonyl (C=O) groups excluding carboxylic acids is 3. The van der Waals surface area contributed by atoms with E-state index in [2.05, 4.69) is 15.4 Å². The number of hydrogen-bond acceptors (Lipinski definition) is 4. The largest absolute Gasteiger partial charge is 0.467 e. The molecule has 0 aliphatic carbocycles.